The normalized spacial score (nSPS) is 24.1. The van der Waals surface area contributed by atoms with Crippen LogP contribution < -0.4 is 10.1 Å². The monoisotopic (exact) mass is 293 g/mol. The first-order valence-corrected chi connectivity index (χ1v) is 7.77. The summed E-state index contributed by atoms with van der Waals surface area (Å²) in [5.41, 5.74) is 2.49. The summed E-state index contributed by atoms with van der Waals surface area (Å²) in [5.74, 6) is 2.06. The van der Waals surface area contributed by atoms with Gasteiger partial charge in [0, 0.05) is 24.6 Å². The summed E-state index contributed by atoms with van der Waals surface area (Å²) in [7, 11) is 0. The second-order valence-corrected chi connectivity index (χ2v) is 5.66. The standard InChI is InChI=1S/C19H19NO2/c1-2-6-14(7-3-1)16-12-18(19-13-20-10-11-21-19)22-17-9-5-4-8-15(16)17/h1-9,12,16,19-20H,10-11,13H2. The summed E-state index contributed by atoms with van der Waals surface area (Å²) >= 11 is 0. The van der Waals surface area contributed by atoms with Crippen LogP contribution in [0.4, 0.5) is 0 Å². The van der Waals surface area contributed by atoms with E-state index in [4.69, 9.17) is 9.47 Å². The van der Waals surface area contributed by atoms with Crippen molar-refractivity contribution in [1.82, 2.24) is 5.32 Å². The van der Waals surface area contributed by atoms with Crippen molar-refractivity contribution in [1.29, 1.82) is 0 Å². The lowest BCUT2D eigenvalue weighted by Gasteiger charge is -2.31. The highest BCUT2D eigenvalue weighted by Crippen LogP contribution is 2.39. The summed E-state index contributed by atoms with van der Waals surface area (Å²) in [4.78, 5) is 0. The van der Waals surface area contributed by atoms with E-state index in [1.54, 1.807) is 0 Å². The third kappa shape index (κ3) is 2.54. The molecule has 2 heterocycles. The average molecular weight is 293 g/mol. The fourth-order valence-corrected chi connectivity index (χ4v) is 3.10. The maximum Gasteiger partial charge on any atom is 0.131 e. The van der Waals surface area contributed by atoms with E-state index in [9.17, 15) is 0 Å². The first kappa shape index (κ1) is 13.6. The number of morpholine rings is 1. The number of allylic oxidation sites excluding steroid dienone is 1. The molecule has 1 N–H and O–H groups in total. The molecule has 0 saturated carbocycles. The lowest BCUT2D eigenvalue weighted by molar-refractivity contribution is 0.0289. The summed E-state index contributed by atoms with van der Waals surface area (Å²) in [6, 6.07) is 18.8. The van der Waals surface area contributed by atoms with Crippen molar-refractivity contribution in [3.8, 4) is 5.75 Å². The van der Waals surface area contributed by atoms with Crippen LogP contribution in [0.15, 0.2) is 66.4 Å². The molecule has 3 heteroatoms. The van der Waals surface area contributed by atoms with Crippen LogP contribution >= 0.6 is 0 Å². The molecule has 2 aromatic carbocycles. The third-order valence-electron chi connectivity index (χ3n) is 4.22. The van der Waals surface area contributed by atoms with Gasteiger partial charge in [-0.25, -0.2) is 0 Å². The molecule has 0 aromatic heterocycles. The molecule has 2 aliphatic rings. The molecule has 1 fully saturated rings. The largest absolute Gasteiger partial charge is 0.459 e. The first-order valence-electron chi connectivity index (χ1n) is 7.77. The number of para-hydroxylation sites is 1. The second kappa shape index (κ2) is 5.95. The summed E-state index contributed by atoms with van der Waals surface area (Å²) in [6.45, 7) is 2.43. The van der Waals surface area contributed by atoms with Gasteiger partial charge in [0.05, 0.1) is 6.61 Å². The minimum Gasteiger partial charge on any atom is -0.459 e. The smallest absolute Gasteiger partial charge is 0.131 e. The lowest BCUT2D eigenvalue weighted by Crippen LogP contribution is -2.41. The predicted octanol–water partition coefficient (Wildman–Crippen LogP) is 3.08. The molecule has 0 radical (unpaired) electrons. The van der Waals surface area contributed by atoms with Gasteiger partial charge in [0.15, 0.2) is 0 Å². The van der Waals surface area contributed by atoms with Crippen LogP contribution in [0.1, 0.15) is 17.0 Å². The molecule has 0 aliphatic carbocycles. The van der Waals surface area contributed by atoms with E-state index >= 15 is 0 Å². The first-order chi connectivity index (χ1) is 10.9. The second-order valence-electron chi connectivity index (χ2n) is 5.66. The molecule has 4 rings (SSSR count). The van der Waals surface area contributed by atoms with E-state index in [1.807, 2.05) is 18.2 Å². The fourth-order valence-electron chi connectivity index (χ4n) is 3.10. The van der Waals surface area contributed by atoms with Crippen molar-refractivity contribution in [3.05, 3.63) is 77.6 Å². The van der Waals surface area contributed by atoms with Gasteiger partial charge in [0.2, 0.25) is 0 Å². The minimum absolute atomic E-state index is 0.00619. The third-order valence-corrected chi connectivity index (χ3v) is 4.22. The van der Waals surface area contributed by atoms with E-state index < -0.39 is 0 Å². The Balaban J connectivity index is 1.74. The number of hydrogen-bond donors (Lipinski definition) is 1. The van der Waals surface area contributed by atoms with Crippen LogP contribution in [0, 0.1) is 0 Å². The number of rotatable bonds is 2. The molecule has 2 atom stereocenters. The van der Waals surface area contributed by atoms with Gasteiger partial charge in [-0.1, -0.05) is 48.5 Å². The molecule has 22 heavy (non-hydrogen) atoms. The van der Waals surface area contributed by atoms with Crippen LogP contribution in [0.25, 0.3) is 0 Å². The van der Waals surface area contributed by atoms with Crippen molar-refractivity contribution < 1.29 is 9.47 Å². The summed E-state index contributed by atoms with van der Waals surface area (Å²) < 4.78 is 12.0. The molecular weight excluding hydrogens is 274 g/mol. The highest BCUT2D eigenvalue weighted by atomic mass is 16.5. The van der Waals surface area contributed by atoms with Crippen molar-refractivity contribution >= 4 is 0 Å². The Bertz CT molecular complexity index is 675. The van der Waals surface area contributed by atoms with Gasteiger partial charge in [0.1, 0.15) is 17.6 Å². The lowest BCUT2D eigenvalue weighted by atomic mass is 9.88. The summed E-state index contributed by atoms with van der Waals surface area (Å²) in [5, 5.41) is 3.36. The minimum atomic E-state index is -0.00619. The molecule has 0 amide bonds. The molecule has 2 aliphatic heterocycles. The van der Waals surface area contributed by atoms with E-state index in [2.05, 4.69) is 47.8 Å². The Morgan fingerprint density at radius 1 is 0.955 bits per heavy atom. The Hall–Kier alpha value is -2.10. The van der Waals surface area contributed by atoms with Gasteiger partial charge in [-0.15, -0.1) is 0 Å². The Morgan fingerprint density at radius 3 is 2.59 bits per heavy atom. The number of nitrogens with one attached hydrogen (secondary N) is 1. The molecule has 3 nitrogen and oxygen atoms in total. The van der Waals surface area contributed by atoms with Gasteiger partial charge in [-0.3, -0.25) is 0 Å². The van der Waals surface area contributed by atoms with Crippen LogP contribution in [0.5, 0.6) is 5.75 Å². The van der Waals surface area contributed by atoms with Crippen molar-refractivity contribution in [2.75, 3.05) is 19.7 Å². The maximum atomic E-state index is 6.12. The Labute approximate surface area is 130 Å². The van der Waals surface area contributed by atoms with Crippen molar-refractivity contribution in [2.24, 2.45) is 0 Å². The maximum absolute atomic E-state index is 6.12. The van der Waals surface area contributed by atoms with Crippen LogP contribution in [-0.2, 0) is 4.74 Å². The number of hydrogen-bond acceptors (Lipinski definition) is 3. The zero-order chi connectivity index (χ0) is 14.8. The number of fused-ring (bicyclic) bond motifs is 1. The zero-order valence-corrected chi connectivity index (χ0v) is 12.4. The van der Waals surface area contributed by atoms with Gasteiger partial charge >= 0.3 is 0 Å². The Morgan fingerprint density at radius 2 is 1.77 bits per heavy atom. The van der Waals surface area contributed by atoms with Crippen LogP contribution in [-0.4, -0.2) is 25.8 Å². The molecule has 2 aromatic rings. The van der Waals surface area contributed by atoms with Crippen molar-refractivity contribution in [2.45, 2.75) is 12.0 Å². The highest BCUT2D eigenvalue weighted by molar-refractivity contribution is 5.49. The van der Waals surface area contributed by atoms with E-state index in [0.717, 1.165) is 31.2 Å². The van der Waals surface area contributed by atoms with Crippen LogP contribution in [0.2, 0.25) is 0 Å². The van der Waals surface area contributed by atoms with Crippen LogP contribution in [0.3, 0.4) is 0 Å². The van der Waals surface area contributed by atoms with Gasteiger partial charge in [-0.2, -0.15) is 0 Å². The highest BCUT2D eigenvalue weighted by Gasteiger charge is 2.28. The average Bonchev–Trinajstić information content (AvgIpc) is 2.62. The molecule has 0 bridgehead atoms. The van der Waals surface area contributed by atoms with Gasteiger partial charge in [-0.05, 0) is 17.7 Å². The SMILES string of the molecule is C1=C(C2CNCCO2)Oc2ccccc2C1c1ccccc1. The quantitative estimate of drug-likeness (QED) is 0.923. The van der Waals surface area contributed by atoms with E-state index in [-0.39, 0.29) is 12.0 Å². The fraction of sp³-hybridized carbons (Fsp3) is 0.263. The molecule has 112 valence electrons. The van der Waals surface area contributed by atoms with E-state index in [1.165, 1.54) is 11.1 Å². The van der Waals surface area contributed by atoms with Gasteiger partial charge in [0.25, 0.3) is 0 Å². The number of benzene rings is 2. The van der Waals surface area contributed by atoms with E-state index in [0.29, 0.717) is 0 Å². The molecule has 2 unspecified atom stereocenters. The summed E-state index contributed by atoms with van der Waals surface area (Å²) in [6.07, 6.45) is 2.20. The molecule has 1 saturated heterocycles. The molecular formula is C19H19NO2. The number of ether oxygens (including phenoxy) is 2. The molecule has 0 spiro atoms. The topological polar surface area (TPSA) is 30.5 Å². The zero-order valence-electron chi connectivity index (χ0n) is 12.4. The van der Waals surface area contributed by atoms with Gasteiger partial charge < -0.3 is 14.8 Å². The van der Waals surface area contributed by atoms with Crippen molar-refractivity contribution in [3.63, 3.8) is 0 Å². The Kier molecular flexibility index (Phi) is 3.67. The predicted molar refractivity (Wildman–Crippen MR) is 86.0 cm³/mol.